The lowest BCUT2D eigenvalue weighted by Gasteiger charge is -2.22. The average molecular weight is 318 g/mol. The van der Waals surface area contributed by atoms with Crippen molar-refractivity contribution in [3.63, 3.8) is 0 Å². The molecule has 1 aromatic rings. The second-order valence-electron chi connectivity index (χ2n) is 3.77. The first kappa shape index (κ1) is 11.1. The molecule has 4 heteroatoms. The highest BCUT2D eigenvalue weighted by atomic mass is 127. The summed E-state index contributed by atoms with van der Waals surface area (Å²) in [7, 11) is 0. The van der Waals surface area contributed by atoms with Crippen LogP contribution < -0.4 is 5.32 Å². The molecule has 0 amide bonds. The summed E-state index contributed by atoms with van der Waals surface area (Å²) < 4.78 is 6.51. The molecule has 1 N–H and O–H groups in total. The Kier molecular flexibility index (Phi) is 4.19. The van der Waals surface area contributed by atoms with Crippen LogP contribution in [0.2, 0.25) is 0 Å². The minimum atomic E-state index is 0.733. The summed E-state index contributed by atoms with van der Waals surface area (Å²) in [5.74, 6) is 1.74. The molecule has 1 aliphatic rings. The van der Waals surface area contributed by atoms with Crippen LogP contribution in [0, 0.1) is 9.49 Å². The smallest absolute Gasteiger partial charge is 0.139 e. The van der Waals surface area contributed by atoms with Gasteiger partial charge in [-0.1, -0.05) is 0 Å². The molecule has 2 heterocycles. The van der Waals surface area contributed by atoms with Crippen molar-refractivity contribution in [2.45, 2.75) is 12.8 Å². The summed E-state index contributed by atoms with van der Waals surface area (Å²) in [6.45, 7) is 2.83. The van der Waals surface area contributed by atoms with Gasteiger partial charge in [0.15, 0.2) is 0 Å². The number of anilines is 1. The van der Waals surface area contributed by atoms with E-state index in [2.05, 4.69) is 39.0 Å². The van der Waals surface area contributed by atoms with Crippen molar-refractivity contribution in [3.8, 4) is 0 Å². The zero-order valence-corrected chi connectivity index (χ0v) is 10.7. The number of nitrogens with zero attached hydrogens (tertiary/aromatic N) is 1. The normalized spacial score (nSPS) is 17.7. The van der Waals surface area contributed by atoms with Crippen molar-refractivity contribution < 1.29 is 4.74 Å². The van der Waals surface area contributed by atoms with Gasteiger partial charge in [-0.2, -0.15) is 0 Å². The van der Waals surface area contributed by atoms with Gasteiger partial charge in [-0.15, -0.1) is 0 Å². The molecule has 1 fully saturated rings. The fraction of sp³-hybridized carbons (Fsp3) is 0.545. The van der Waals surface area contributed by atoms with Gasteiger partial charge >= 0.3 is 0 Å². The van der Waals surface area contributed by atoms with Crippen LogP contribution in [-0.4, -0.2) is 24.7 Å². The monoisotopic (exact) mass is 318 g/mol. The van der Waals surface area contributed by atoms with Gasteiger partial charge in [-0.25, -0.2) is 4.98 Å². The third-order valence-corrected chi connectivity index (χ3v) is 3.53. The highest BCUT2D eigenvalue weighted by Gasteiger charge is 2.13. The van der Waals surface area contributed by atoms with Gasteiger partial charge < -0.3 is 10.1 Å². The Hall–Kier alpha value is -0.360. The maximum absolute atomic E-state index is 5.33. The molecule has 0 saturated carbocycles. The van der Waals surface area contributed by atoms with E-state index in [1.54, 1.807) is 0 Å². The molecule has 0 aromatic carbocycles. The topological polar surface area (TPSA) is 34.2 Å². The zero-order valence-electron chi connectivity index (χ0n) is 8.58. The van der Waals surface area contributed by atoms with Gasteiger partial charge in [0.25, 0.3) is 0 Å². The largest absolute Gasteiger partial charge is 0.381 e. The Bertz CT molecular complexity index is 313. The minimum absolute atomic E-state index is 0.733. The van der Waals surface area contributed by atoms with E-state index in [1.165, 1.54) is 3.57 Å². The van der Waals surface area contributed by atoms with Crippen LogP contribution >= 0.6 is 22.6 Å². The molecule has 1 saturated heterocycles. The van der Waals surface area contributed by atoms with Crippen LogP contribution in [0.3, 0.4) is 0 Å². The molecule has 0 aliphatic carbocycles. The third-order valence-electron chi connectivity index (χ3n) is 2.66. The molecule has 0 atom stereocenters. The Balaban J connectivity index is 1.84. The standard InChI is InChI=1S/C11H15IN2O/c12-10-2-1-5-13-11(10)14-8-9-3-6-15-7-4-9/h1-2,5,9H,3-4,6-8H2,(H,13,14). The molecule has 0 radical (unpaired) electrons. The summed E-state index contributed by atoms with van der Waals surface area (Å²) >= 11 is 2.30. The van der Waals surface area contributed by atoms with E-state index in [0.29, 0.717) is 0 Å². The van der Waals surface area contributed by atoms with Crippen molar-refractivity contribution in [1.29, 1.82) is 0 Å². The van der Waals surface area contributed by atoms with Gasteiger partial charge in [0.1, 0.15) is 5.82 Å². The van der Waals surface area contributed by atoms with E-state index < -0.39 is 0 Å². The average Bonchev–Trinajstić information content (AvgIpc) is 2.29. The number of pyridine rings is 1. The summed E-state index contributed by atoms with van der Waals surface area (Å²) in [5.41, 5.74) is 0. The molecule has 1 aliphatic heterocycles. The van der Waals surface area contributed by atoms with Gasteiger partial charge in [-0.05, 0) is 53.5 Å². The molecular formula is C11H15IN2O. The van der Waals surface area contributed by atoms with Crippen molar-refractivity contribution in [3.05, 3.63) is 21.9 Å². The van der Waals surface area contributed by atoms with E-state index in [4.69, 9.17) is 4.74 Å². The molecule has 1 aromatic heterocycles. The first-order valence-corrected chi connectivity index (χ1v) is 6.36. The predicted octanol–water partition coefficient (Wildman–Crippen LogP) is 2.52. The Morgan fingerprint density at radius 3 is 3.00 bits per heavy atom. The first-order valence-electron chi connectivity index (χ1n) is 5.28. The quantitative estimate of drug-likeness (QED) is 0.870. The zero-order chi connectivity index (χ0) is 10.5. The third kappa shape index (κ3) is 3.31. The number of hydrogen-bond donors (Lipinski definition) is 1. The van der Waals surface area contributed by atoms with Gasteiger partial charge in [0.05, 0.1) is 3.57 Å². The second-order valence-corrected chi connectivity index (χ2v) is 4.93. The van der Waals surface area contributed by atoms with Gasteiger partial charge in [0.2, 0.25) is 0 Å². The summed E-state index contributed by atoms with van der Waals surface area (Å²) in [4.78, 5) is 4.31. The van der Waals surface area contributed by atoms with E-state index in [9.17, 15) is 0 Å². The van der Waals surface area contributed by atoms with Crippen LogP contribution in [0.5, 0.6) is 0 Å². The first-order chi connectivity index (χ1) is 7.36. The maximum atomic E-state index is 5.33. The van der Waals surface area contributed by atoms with Crippen LogP contribution in [0.25, 0.3) is 0 Å². The molecular weight excluding hydrogens is 303 g/mol. The molecule has 3 nitrogen and oxygen atoms in total. The lowest BCUT2D eigenvalue weighted by molar-refractivity contribution is 0.0699. The molecule has 0 unspecified atom stereocenters. The Morgan fingerprint density at radius 1 is 1.47 bits per heavy atom. The fourth-order valence-corrected chi connectivity index (χ4v) is 2.24. The lowest BCUT2D eigenvalue weighted by atomic mass is 10.0. The lowest BCUT2D eigenvalue weighted by Crippen LogP contribution is -2.23. The molecule has 82 valence electrons. The number of ether oxygens (including phenoxy) is 1. The van der Waals surface area contributed by atoms with E-state index in [-0.39, 0.29) is 0 Å². The molecule has 0 bridgehead atoms. The number of halogens is 1. The number of rotatable bonds is 3. The van der Waals surface area contributed by atoms with Crippen molar-refractivity contribution >= 4 is 28.4 Å². The summed E-state index contributed by atoms with van der Waals surface area (Å²) in [6.07, 6.45) is 4.15. The predicted molar refractivity (Wildman–Crippen MR) is 69.0 cm³/mol. The number of aromatic nitrogens is 1. The SMILES string of the molecule is Ic1cccnc1NCC1CCOCC1. The van der Waals surface area contributed by atoms with Crippen LogP contribution in [0.1, 0.15) is 12.8 Å². The highest BCUT2D eigenvalue weighted by molar-refractivity contribution is 14.1. The Morgan fingerprint density at radius 2 is 2.27 bits per heavy atom. The van der Waals surface area contributed by atoms with Crippen molar-refractivity contribution in [1.82, 2.24) is 4.98 Å². The highest BCUT2D eigenvalue weighted by Crippen LogP contribution is 2.18. The van der Waals surface area contributed by atoms with Crippen molar-refractivity contribution in [2.24, 2.45) is 5.92 Å². The molecule has 2 rings (SSSR count). The van der Waals surface area contributed by atoms with Crippen LogP contribution in [0.4, 0.5) is 5.82 Å². The van der Waals surface area contributed by atoms with Crippen LogP contribution in [-0.2, 0) is 4.74 Å². The molecule has 15 heavy (non-hydrogen) atoms. The fourth-order valence-electron chi connectivity index (χ4n) is 1.71. The maximum Gasteiger partial charge on any atom is 0.139 e. The van der Waals surface area contributed by atoms with Gasteiger partial charge in [-0.3, -0.25) is 0 Å². The van der Waals surface area contributed by atoms with Crippen molar-refractivity contribution in [2.75, 3.05) is 25.1 Å². The van der Waals surface area contributed by atoms with E-state index in [0.717, 1.165) is 44.3 Å². The van der Waals surface area contributed by atoms with E-state index in [1.807, 2.05) is 12.3 Å². The summed E-state index contributed by atoms with van der Waals surface area (Å²) in [6, 6.07) is 4.03. The minimum Gasteiger partial charge on any atom is -0.381 e. The second kappa shape index (κ2) is 5.65. The van der Waals surface area contributed by atoms with Gasteiger partial charge in [0, 0.05) is 26.0 Å². The van der Waals surface area contributed by atoms with E-state index >= 15 is 0 Å². The number of hydrogen-bond acceptors (Lipinski definition) is 3. The van der Waals surface area contributed by atoms with Crippen LogP contribution in [0.15, 0.2) is 18.3 Å². The Labute approximate surface area is 104 Å². The number of nitrogens with one attached hydrogen (secondary N) is 1. The molecule has 0 spiro atoms. The summed E-state index contributed by atoms with van der Waals surface area (Å²) in [5, 5.41) is 3.41.